The van der Waals surface area contributed by atoms with Gasteiger partial charge in [-0.1, -0.05) is 28.4 Å². The molecule has 0 bridgehead atoms. The van der Waals surface area contributed by atoms with E-state index in [0.717, 1.165) is 12.1 Å². The van der Waals surface area contributed by atoms with Crippen LogP contribution >= 0.6 is 23.2 Å². The van der Waals surface area contributed by atoms with Crippen LogP contribution in [0.4, 0.5) is 10.1 Å². The molecule has 0 unspecified atom stereocenters. The van der Waals surface area contributed by atoms with E-state index in [2.05, 4.69) is 9.44 Å². The monoisotopic (exact) mass is 470 g/mol. The predicted octanol–water partition coefficient (Wildman–Crippen LogP) is 0.368. The Labute approximate surface area is 212 Å². The topological polar surface area (TPSA) is 99.1 Å². The fraction of sp³-hybridized carbons (Fsp3) is 0.125. The number of amides is 1. The fourth-order valence-electron chi connectivity index (χ4n) is 2.65. The minimum Gasteiger partial charge on any atom is -0.714 e. The average molecular weight is 471 g/mol. The Balaban J connectivity index is 0.00000280. The number of halogens is 3. The van der Waals surface area contributed by atoms with E-state index < -0.39 is 22.1 Å². The summed E-state index contributed by atoms with van der Waals surface area (Å²) < 4.78 is 49.6. The number of carbonyl (C=O) groups is 1. The molecule has 0 radical (unpaired) electrons. The number of nitrogens with zero attached hydrogens (tertiary/aromatic N) is 2. The molecule has 0 fully saturated rings. The Bertz CT molecular complexity index is 1060. The smallest absolute Gasteiger partial charge is 0.714 e. The minimum absolute atomic E-state index is 0. The molecule has 0 N–H and O–H groups in total. The van der Waals surface area contributed by atoms with Gasteiger partial charge in [0.25, 0.3) is 16.3 Å². The molecule has 1 aliphatic heterocycles. The Morgan fingerprint density at radius 3 is 2.57 bits per heavy atom. The Kier molecular flexibility index (Phi) is 8.04. The Morgan fingerprint density at radius 1 is 1.21 bits per heavy atom. The largest absolute Gasteiger partial charge is 1.00 e. The second-order valence-electron chi connectivity index (χ2n) is 5.51. The maximum Gasteiger partial charge on any atom is 1.00 e. The Morgan fingerprint density at radius 2 is 1.93 bits per heavy atom. The van der Waals surface area contributed by atoms with Gasteiger partial charge < -0.3 is 9.45 Å². The molecule has 2 aromatic carbocycles. The molecule has 12 heteroatoms. The summed E-state index contributed by atoms with van der Waals surface area (Å²) in [4.78, 5) is 14.2. The summed E-state index contributed by atoms with van der Waals surface area (Å²) in [5, 5.41) is 3.82. The van der Waals surface area contributed by atoms with Crippen molar-refractivity contribution >= 4 is 50.9 Å². The van der Waals surface area contributed by atoms with E-state index >= 15 is 0 Å². The van der Waals surface area contributed by atoms with Crippen LogP contribution in [0.5, 0.6) is 0 Å². The molecule has 1 aliphatic rings. The summed E-state index contributed by atoms with van der Waals surface area (Å²) in [6.45, 7) is 0.0370. The molecule has 0 saturated heterocycles. The van der Waals surface area contributed by atoms with Gasteiger partial charge in [-0.2, -0.15) is 8.42 Å². The van der Waals surface area contributed by atoms with Crippen molar-refractivity contribution in [3.05, 3.63) is 63.4 Å². The van der Waals surface area contributed by atoms with E-state index in [9.17, 15) is 22.2 Å². The van der Waals surface area contributed by atoms with Crippen molar-refractivity contribution in [1.82, 2.24) is 0 Å². The van der Waals surface area contributed by atoms with Gasteiger partial charge in [-0.05, 0) is 36.4 Å². The zero-order valence-corrected chi connectivity index (χ0v) is 19.8. The van der Waals surface area contributed by atoms with Crippen LogP contribution in [0.15, 0.2) is 41.6 Å². The number of oxime groups is 1. The van der Waals surface area contributed by atoms with Crippen molar-refractivity contribution in [2.24, 2.45) is 5.16 Å². The van der Waals surface area contributed by atoms with Crippen LogP contribution in [0.3, 0.4) is 0 Å². The maximum absolute atomic E-state index is 13.8. The summed E-state index contributed by atoms with van der Waals surface area (Å²) in [6, 6.07) is 7.88. The van der Waals surface area contributed by atoms with Gasteiger partial charge in [0, 0.05) is 23.6 Å². The van der Waals surface area contributed by atoms with Gasteiger partial charge in [0.1, 0.15) is 5.82 Å². The zero-order chi connectivity index (χ0) is 19.8. The van der Waals surface area contributed by atoms with Crippen LogP contribution < -0.4 is 56.3 Å². The van der Waals surface area contributed by atoms with E-state index in [4.69, 9.17) is 23.2 Å². The first-order valence-corrected chi connectivity index (χ1v) is 9.53. The van der Waals surface area contributed by atoms with Gasteiger partial charge in [0.15, 0.2) is 0 Å². The number of benzene rings is 2. The van der Waals surface area contributed by atoms with E-state index in [1.165, 1.54) is 29.2 Å². The van der Waals surface area contributed by atoms with Crippen LogP contribution in [0, 0.1) is 5.82 Å². The second kappa shape index (κ2) is 9.50. The third-order valence-corrected chi connectivity index (χ3v) is 4.58. The maximum atomic E-state index is 13.8. The standard InChI is InChI=1S/C16H11Cl2FN2O5S.K/c17-9-1-3-11(13(18)7-9)16(22)21-6-5-14(20-26-27(23,24)25)12-4-2-10(19)8-15(12)21;/h1-4,7-8H,5-6H2,(H,23,24,25);/q;+1/p-1/b20-14+;. The minimum atomic E-state index is -5.04. The first-order chi connectivity index (χ1) is 12.7. The molecule has 2 aromatic rings. The van der Waals surface area contributed by atoms with Crippen LogP contribution in [-0.2, 0) is 14.7 Å². The number of anilines is 1. The first-order valence-electron chi connectivity index (χ1n) is 7.44. The normalized spacial score (nSPS) is 15.0. The van der Waals surface area contributed by atoms with Gasteiger partial charge in [-0.3, -0.25) is 9.08 Å². The van der Waals surface area contributed by atoms with Crippen molar-refractivity contribution in [3.8, 4) is 0 Å². The fourth-order valence-corrected chi connectivity index (χ4v) is 3.32. The molecule has 0 atom stereocenters. The summed E-state index contributed by atoms with van der Waals surface area (Å²) in [5.74, 6) is -1.12. The number of hydrogen-bond acceptors (Lipinski definition) is 6. The molecule has 0 aromatic heterocycles. The van der Waals surface area contributed by atoms with Crippen molar-refractivity contribution in [2.75, 3.05) is 11.4 Å². The third kappa shape index (κ3) is 5.52. The van der Waals surface area contributed by atoms with E-state index in [0.29, 0.717) is 5.02 Å². The van der Waals surface area contributed by atoms with Crippen LogP contribution in [0.1, 0.15) is 22.3 Å². The predicted molar refractivity (Wildman–Crippen MR) is 96.5 cm³/mol. The van der Waals surface area contributed by atoms with E-state index in [1.807, 2.05) is 0 Å². The molecule has 0 saturated carbocycles. The van der Waals surface area contributed by atoms with Gasteiger partial charge in [-0.25, -0.2) is 4.39 Å². The molecule has 7 nitrogen and oxygen atoms in total. The molecule has 1 heterocycles. The van der Waals surface area contributed by atoms with Crippen LogP contribution in [-0.4, -0.2) is 31.1 Å². The number of carbonyl (C=O) groups excluding carboxylic acids is 1. The molecule has 3 rings (SSSR count). The third-order valence-electron chi connectivity index (χ3n) is 3.78. The van der Waals surface area contributed by atoms with Gasteiger partial charge >= 0.3 is 51.4 Å². The van der Waals surface area contributed by atoms with E-state index in [1.54, 1.807) is 0 Å². The Hall–Kier alpha value is -0.564. The summed E-state index contributed by atoms with van der Waals surface area (Å²) in [6.07, 6.45) is 0.0745. The molecule has 1 amide bonds. The van der Waals surface area contributed by atoms with Crippen molar-refractivity contribution in [1.29, 1.82) is 0 Å². The summed E-state index contributed by atoms with van der Waals surface area (Å²) >= 11 is 11.9. The first kappa shape index (κ1) is 23.7. The van der Waals surface area contributed by atoms with E-state index in [-0.39, 0.29) is 91.9 Å². The van der Waals surface area contributed by atoms with Gasteiger partial charge in [0.2, 0.25) is 0 Å². The summed E-state index contributed by atoms with van der Waals surface area (Å²) in [5.41, 5.74) is 0.651. The molecule has 142 valence electrons. The number of fused-ring (bicyclic) bond motifs is 1. The second-order valence-corrected chi connectivity index (χ2v) is 7.32. The summed E-state index contributed by atoms with van der Waals surface area (Å²) in [7, 11) is -5.04. The van der Waals surface area contributed by atoms with Crippen LogP contribution in [0.25, 0.3) is 0 Å². The van der Waals surface area contributed by atoms with Gasteiger partial charge in [-0.15, -0.1) is 0 Å². The molecular weight excluding hydrogens is 461 g/mol. The van der Waals surface area contributed by atoms with Crippen LogP contribution in [0.2, 0.25) is 10.0 Å². The molecule has 0 aliphatic carbocycles. The molecule has 0 spiro atoms. The number of rotatable bonds is 3. The van der Waals surface area contributed by atoms with Crippen molar-refractivity contribution in [2.45, 2.75) is 6.42 Å². The van der Waals surface area contributed by atoms with Crippen molar-refractivity contribution in [3.63, 3.8) is 0 Å². The quantitative estimate of drug-likeness (QED) is 0.279. The average Bonchev–Trinajstić information content (AvgIpc) is 2.58. The molecular formula is C16H10Cl2FKN2O5S. The SMILES string of the molecule is O=C(c1ccc(Cl)cc1Cl)N1CC/C(=N\OS(=O)(=O)[O-])c2ccc(F)cc21.[K+]. The number of hydrogen-bond donors (Lipinski definition) is 0. The molecule has 28 heavy (non-hydrogen) atoms. The van der Waals surface area contributed by atoms with Crippen molar-refractivity contribution < 1.29 is 77.8 Å². The zero-order valence-electron chi connectivity index (χ0n) is 14.4. The van der Waals surface area contributed by atoms with Gasteiger partial charge in [0.05, 0.1) is 22.0 Å².